The molecule has 2 aromatic rings. The van der Waals surface area contributed by atoms with Crippen LogP contribution in [-0.2, 0) is 10.0 Å². The molecule has 1 aliphatic rings. The van der Waals surface area contributed by atoms with Crippen molar-refractivity contribution in [1.29, 1.82) is 0 Å². The Labute approximate surface area is 132 Å². The number of hydrogen-bond donors (Lipinski definition) is 1. The van der Waals surface area contributed by atoms with Gasteiger partial charge in [0.1, 0.15) is 0 Å². The predicted octanol–water partition coefficient (Wildman–Crippen LogP) is 3.13. The Balaban J connectivity index is 2.08. The average molecular weight is 318 g/mol. The number of nitrogens with one attached hydrogen (secondary N) is 1. The number of hydrogen-bond acceptors (Lipinski definition) is 3. The van der Waals surface area contributed by atoms with Gasteiger partial charge < -0.3 is 4.90 Å². The van der Waals surface area contributed by atoms with Crippen LogP contribution in [0.4, 0.5) is 5.69 Å². The van der Waals surface area contributed by atoms with Gasteiger partial charge in [0.25, 0.3) is 0 Å². The quantitative estimate of drug-likeness (QED) is 0.942. The highest BCUT2D eigenvalue weighted by atomic mass is 32.2. The fraction of sp³-hybridized carbons (Fsp3) is 0.412. The minimum absolute atomic E-state index is 0.0808. The van der Waals surface area contributed by atoms with E-state index < -0.39 is 10.0 Å². The second-order valence-corrected chi connectivity index (χ2v) is 7.81. The second-order valence-electron chi connectivity index (χ2n) is 6.13. The molecule has 1 saturated carbocycles. The number of rotatable bonds is 4. The van der Waals surface area contributed by atoms with E-state index in [0.717, 1.165) is 42.1 Å². The van der Waals surface area contributed by atoms with Crippen LogP contribution < -0.4 is 9.62 Å². The Morgan fingerprint density at radius 1 is 1.00 bits per heavy atom. The van der Waals surface area contributed by atoms with E-state index >= 15 is 0 Å². The molecule has 0 saturated heterocycles. The molecule has 0 bridgehead atoms. The van der Waals surface area contributed by atoms with Gasteiger partial charge in [-0.15, -0.1) is 0 Å². The Morgan fingerprint density at radius 3 is 2.32 bits per heavy atom. The maximum atomic E-state index is 12.8. The highest BCUT2D eigenvalue weighted by Gasteiger charge is 2.24. The number of sulfonamides is 1. The van der Waals surface area contributed by atoms with Crippen molar-refractivity contribution in [3.8, 4) is 0 Å². The first-order valence-corrected chi connectivity index (χ1v) is 9.19. The molecule has 0 unspecified atom stereocenters. The van der Waals surface area contributed by atoms with E-state index in [-0.39, 0.29) is 6.04 Å². The molecule has 2 aromatic carbocycles. The monoisotopic (exact) mass is 318 g/mol. The second kappa shape index (κ2) is 5.89. The average Bonchev–Trinajstić information content (AvgIpc) is 2.98. The van der Waals surface area contributed by atoms with Crippen LogP contribution in [-0.4, -0.2) is 28.6 Å². The van der Waals surface area contributed by atoms with Gasteiger partial charge in [-0.25, -0.2) is 13.1 Å². The molecule has 0 atom stereocenters. The maximum absolute atomic E-state index is 12.8. The minimum atomic E-state index is -3.48. The fourth-order valence-electron chi connectivity index (χ4n) is 3.22. The van der Waals surface area contributed by atoms with Crippen LogP contribution in [0.15, 0.2) is 41.3 Å². The highest BCUT2D eigenvalue weighted by molar-refractivity contribution is 7.89. The summed E-state index contributed by atoms with van der Waals surface area (Å²) in [6, 6.07) is 11.4. The molecule has 0 aromatic heterocycles. The normalized spacial score (nSPS) is 16.3. The zero-order chi connectivity index (χ0) is 15.7. The molecule has 1 N–H and O–H groups in total. The van der Waals surface area contributed by atoms with Crippen molar-refractivity contribution in [3.05, 3.63) is 36.4 Å². The third-order valence-corrected chi connectivity index (χ3v) is 5.89. The molecule has 0 spiro atoms. The summed E-state index contributed by atoms with van der Waals surface area (Å²) in [7, 11) is 0.449. The number of benzene rings is 2. The van der Waals surface area contributed by atoms with E-state index in [1.807, 2.05) is 49.3 Å². The molecule has 0 heterocycles. The molecule has 22 heavy (non-hydrogen) atoms. The molecule has 1 fully saturated rings. The van der Waals surface area contributed by atoms with Gasteiger partial charge in [-0.3, -0.25) is 0 Å². The van der Waals surface area contributed by atoms with Crippen LogP contribution in [0.5, 0.6) is 0 Å². The van der Waals surface area contributed by atoms with E-state index in [1.54, 1.807) is 6.07 Å². The standard InChI is InChI=1S/C17H22N2O2S/c1-19(2)16-11-5-10-15-14(16)9-6-12-17(15)22(20,21)18-13-7-3-4-8-13/h5-6,9-13,18H,3-4,7-8H2,1-2H3. The maximum Gasteiger partial charge on any atom is 0.241 e. The number of nitrogens with zero attached hydrogens (tertiary/aromatic N) is 1. The summed E-state index contributed by atoms with van der Waals surface area (Å²) in [5.74, 6) is 0. The predicted molar refractivity (Wildman–Crippen MR) is 90.9 cm³/mol. The molecule has 0 radical (unpaired) electrons. The van der Waals surface area contributed by atoms with Crippen molar-refractivity contribution < 1.29 is 8.42 Å². The van der Waals surface area contributed by atoms with Crippen LogP contribution >= 0.6 is 0 Å². The summed E-state index contributed by atoms with van der Waals surface area (Å²) in [6.07, 6.45) is 4.08. The topological polar surface area (TPSA) is 49.4 Å². The summed E-state index contributed by atoms with van der Waals surface area (Å²) < 4.78 is 28.4. The van der Waals surface area contributed by atoms with E-state index in [9.17, 15) is 8.42 Å². The van der Waals surface area contributed by atoms with Crippen molar-refractivity contribution in [2.45, 2.75) is 36.6 Å². The Bertz CT molecular complexity index is 778. The molecule has 4 nitrogen and oxygen atoms in total. The van der Waals surface area contributed by atoms with Gasteiger partial charge >= 0.3 is 0 Å². The van der Waals surface area contributed by atoms with Gasteiger partial charge in [-0.05, 0) is 25.0 Å². The van der Waals surface area contributed by atoms with Gasteiger partial charge in [-0.1, -0.05) is 37.1 Å². The molecule has 3 rings (SSSR count). The summed E-state index contributed by atoms with van der Waals surface area (Å²) in [5, 5.41) is 1.74. The Hall–Kier alpha value is -1.59. The fourth-order valence-corrected chi connectivity index (χ4v) is 4.74. The minimum Gasteiger partial charge on any atom is -0.377 e. The largest absolute Gasteiger partial charge is 0.377 e. The van der Waals surface area contributed by atoms with E-state index in [2.05, 4.69) is 4.72 Å². The zero-order valence-corrected chi connectivity index (χ0v) is 13.9. The molecule has 1 aliphatic carbocycles. The van der Waals surface area contributed by atoms with Gasteiger partial charge in [-0.2, -0.15) is 0 Å². The molecule has 5 heteroatoms. The molecule has 0 amide bonds. The van der Waals surface area contributed by atoms with Crippen molar-refractivity contribution in [1.82, 2.24) is 4.72 Å². The van der Waals surface area contributed by atoms with Crippen molar-refractivity contribution in [3.63, 3.8) is 0 Å². The van der Waals surface area contributed by atoms with Crippen LogP contribution in [0.1, 0.15) is 25.7 Å². The lowest BCUT2D eigenvalue weighted by Crippen LogP contribution is -2.32. The Kier molecular flexibility index (Phi) is 4.10. The smallest absolute Gasteiger partial charge is 0.241 e. The van der Waals surface area contributed by atoms with Crippen LogP contribution in [0, 0.1) is 0 Å². The SMILES string of the molecule is CN(C)c1cccc2c(S(=O)(=O)NC3CCCC3)cccc12. The van der Waals surface area contributed by atoms with Crippen molar-refractivity contribution in [2.24, 2.45) is 0 Å². The van der Waals surface area contributed by atoms with Crippen LogP contribution in [0.3, 0.4) is 0 Å². The lowest BCUT2D eigenvalue weighted by atomic mass is 10.1. The van der Waals surface area contributed by atoms with Gasteiger partial charge in [0.15, 0.2) is 0 Å². The first kappa shape index (κ1) is 15.3. The first-order chi connectivity index (χ1) is 10.5. The first-order valence-electron chi connectivity index (χ1n) is 7.70. The molecule has 0 aliphatic heterocycles. The summed E-state index contributed by atoms with van der Waals surface area (Å²) in [5.41, 5.74) is 1.02. The Morgan fingerprint density at radius 2 is 1.64 bits per heavy atom. The van der Waals surface area contributed by atoms with Crippen LogP contribution in [0.25, 0.3) is 10.8 Å². The summed E-state index contributed by atoms with van der Waals surface area (Å²) >= 11 is 0. The van der Waals surface area contributed by atoms with Gasteiger partial charge in [0.2, 0.25) is 10.0 Å². The van der Waals surface area contributed by atoms with Gasteiger partial charge in [0, 0.05) is 36.6 Å². The van der Waals surface area contributed by atoms with Crippen molar-refractivity contribution in [2.75, 3.05) is 19.0 Å². The molecule has 118 valence electrons. The summed E-state index contributed by atoms with van der Waals surface area (Å²) in [4.78, 5) is 2.38. The third kappa shape index (κ3) is 2.83. The van der Waals surface area contributed by atoms with Crippen LogP contribution in [0.2, 0.25) is 0 Å². The summed E-state index contributed by atoms with van der Waals surface area (Å²) in [6.45, 7) is 0. The zero-order valence-electron chi connectivity index (χ0n) is 13.0. The van der Waals surface area contributed by atoms with Crippen molar-refractivity contribution >= 4 is 26.5 Å². The van der Waals surface area contributed by atoms with E-state index in [0.29, 0.717) is 4.90 Å². The molecular weight excluding hydrogens is 296 g/mol. The number of fused-ring (bicyclic) bond motifs is 1. The number of anilines is 1. The lowest BCUT2D eigenvalue weighted by Gasteiger charge is -2.18. The highest BCUT2D eigenvalue weighted by Crippen LogP contribution is 2.30. The van der Waals surface area contributed by atoms with Gasteiger partial charge in [0.05, 0.1) is 4.90 Å². The van der Waals surface area contributed by atoms with E-state index in [1.165, 1.54) is 0 Å². The third-order valence-electron chi connectivity index (χ3n) is 4.31. The lowest BCUT2D eigenvalue weighted by molar-refractivity contribution is 0.553. The van der Waals surface area contributed by atoms with E-state index in [4.69, 9.17) is 0 Å². The molecular formula is C17H22N2O2S.